The lowest BCUT2D eigenvalue weighted by Crippen LogP contribution is -2.30. The van der Waals surface area contributed by atoms with E-state index in [0.29, 0.717) is 17.4 Å². The van der Waals surface area contributed by atoms with Gasteiger partial charge in [-0.1, -0.05) is 11.6 Å². The Morgan fingerprint density at radius 2 is 1.94 bits per heavy atom. The van der Waals surface area contributed by atoms with E-state index < -0.39 is 12.1 Å². The van der Waals surface area contributed by atoms with Crippen LogP contribution < -0.4 is 4.74 Å². The van der Waals surface area contributed by atoms with E-state index in [1.165, 1.54) is 0 Å². The zero-order valence-electron chi connectivity index (χ0n) is 10.7. The van der Waals surface area contributed by atoms with Crippen LogP contribution in [0.5, 0.6) is 5.75 Å². The number of hydrogen-bond donors (Lipinski definition) is 1. The van der Waals surface area contributed by atoms with Crippen LogP contribution in [-0.4, -0.2) is 30.4 Å². The summed E-state index contributed by atoms with van der Waals surface area (Å²) in [4.78, 5) is 10.9. The highest BCUT2D eigenvalue weighted by Gasteiger charge is 2.19. The van der Waals surface area contributed by atoms with E-state index in [1.807, 2.05) is 13.8 Å². The Labute approximate surface area is 111 Å². The van der Waals surface area contributed by atoms with Gasteiger partial charge in [-0.25, -0.2) is 4.79 Å². The maximum atomic E-state index is 10.9. The van der Waals surface area contributed by atoms with E-state index in [9.17, 15) is 4.79 Å². The molecule has 0 bridgehead atoms. The van der Waals surface area contributed by atoms with Crippen LogP contribution in [0.1, 0.15) is 18.1 Å². The summed E-state index contributed by atoms with van der Waals surface area (Å²) in [7, 11) is 0. The second-order valence-corrected chi connectivity index (χ2v) is 4.40. The summed E-state index contributed by atoms with van der Waals surface area (Å²) in [5.74, 6) is -0.369. The summed E-state index contributed by atoms with van der Waals surface area (Å²) in [5.41, 5.74) is 1.75. The molecule has 0 aliphatic heterocycles. The molecular formula is C13H17ClO4. The van der Waals surface area contributed by atoms with Gasteiger partial charge in [0.15, 0.2) is 6.10 Å². The minimum atomic E-state index is -1.03. The molecule has 0 aliphatic rings. The third-order valence-electron chi connectivity index (χ3n) is 2.45. The molecule has 0 heterocycles. The van der Waals surface area contributed by atoms with Crippen molar-refractivity contribution in [1.82, 2.24) is 0 Å². The topological polar surface area (TPSA) is 55.8 Å². The Hall–Kier alpha value is -1.26. The summed E-state index contributed by atoms with van der Waals surface area (Å²) in [6, 6.07) is 3.56. The van der Waals surface area contributed by atoms with Crippen molar-refractivity contribution in [1.29, 1.82) is 0 Å². The predicted molar refractivity (Wildman–Crippen MR) is 69.5 cm³/mol. The molecule has 5 heteroatoms. The van der Waals surface area contributed by atoms with Crippen molar-refractivity contribution in [3.8, 4) is 5.75 Å². The van der Waals surface area contributed by atoms with Crippen LogP contribution in [-0.2, 0) is 9.53 Å². The molecule has 18 heavy (non-hydrogen) atoms. The molecule has 1 unspecified atom stereocenters. The zero-order valence-corrected chi connectivity index (χ0v) is 11.5. The molecule has 4 nitrogen and oxygen atoms in total. The van der Waals surface area contributed by atoms with Crippen LogP contribution >= 0.6 is 11.6 Å². The Balaban J connectivity index is 2.76. The molecule has 0 saturated heterocycles. The number of ether oxygens (including phenoxy) is 2. The lowest BCUT2D eigenvalue weighted by Gasteiger charge is -2.16. The maximum Gasteiger partial charge on any atom is 0.336 e. The molecule has 100 valence electrons. The standard InChI is InChI=1S/C13H17ClO4/c1-4-17-11(13(15)16)7-18-12-8(2)5-10(14)6-9(12)3/h5-6,11H,4,7H2,1-3H3,(H,15,16). The summed E-state index contributed by atoms with van der Waals surface area (Å²) in [5, 5.41) is 9.58. The van der Waals surface area contributed by atoms with Crippen LogP contribution in [0.3, 0.4) is 0 Å². The molecule has 1 rings (SSSR count). The van der Waals surface area contributed by atoms with Crippen LogP contribution in [0, 0.1) is 13.8 Å². The second-order valence-electron chi connectivity index (χ2n) is 3.96. The molecule has 0 amide bonds. The third-order valence-corrected chi connectivity index (χ3v) is 2.67. The number of carboxylic acid groups (broad SMARTS) is 1. The molecule has 1 aromatic rings. The summed E-state index contributed by atoms with van der Waals surface area (Å²) >= 11 is 5.91. The monoisotopic (exact) mass is 272 g/mol. The van der Waals surface area contributed by atoms with Crippen LogP contribution in [0.2, 0.25) is 5.02 Å². The summed E-state index contributed by atoms with van der Waals surface area (Å²) in [6.45, 7) is 5.79. The lowest BCUT2D eigenvalue weighted by molar-refractivity contribution is -0.152. The number of rotatable bonds is 6. The smallest absolute Gasteiger partial charge is 0.336 e. The highest BCUT2D eigenvalue weighted by Crippen LogP contribution is 2.27. The normalized spacial score (nSPS) is 12.2. The van der Waals surface area contributed by atoms with E-state index in [0.717, 1.165) is 11.1 Å². The van der Waals surface area contributed by atoms with Gasteiger partial charge in [0.2, 0.25) is 0 Å². The fraction of sp³-hybridized carbons (Fsp3) is 0.462. The average Bonchev–Trinajstić information content (AvgIpc) is 2.25. The van der Waals surface area contributed by atoms with E-state index in [-0.39, 0.29) is 6.61 Å². The zero-order chi connectivity index (χ0) is 13.7. The average molecular weight is 273 g/mol. The minimum absolute atomic E-state index is 0.0213. The first-order chi connectivity index (χ1) is 8.45. The van der Waals surface area contributed by atoms with Gasteiger partial charge in [0, 0.05) is 11.6 Å². The van der Waals surface area contributed by atoms with Crippen LogP contribution in [0.15, 0.2) is 12.1 Å². The Morgan fingerprint density at radius 1 is 1.39 bits per heavy atom. The van der Waals surface area contributed by atoms with Gasteiger partial charge in [0.25, 0.3) is 0 Å². The molecule has 0 saturated carbocycles. The van der Waals surface area contributed by atoms with Gasteiger partial charge < -0.3 is 14.6 Å². The van der Waals surface area contributed by atoms with Crippen molar-refractivity contribution in [2.45, 2.75) is 26.9 Å². The molecule has 0 radical (unpaired) electrons. The maximum absolute atomic E-state index is 10.9. The highest BCUT2D eigenvalue weighted by molar-refractivity contribution is 6.30. The molecule has 1 aromatic carbocycles. The van der Waals surface area contributed by atoms with Crippen molar-refractivity contribution in [3.05, 3.63) is 28.3 Å². The molecule has 1 atom stereocenters. The van der Waals surface area contributed by atoms with Gasteiger partial charge in [0.05, 0.1) is 0 Å². The molecule has 1 N–H and O–H groups in total. The number of benzene rings is 1. The highest BCUT2D eigenvalue weighted by atomic mass is 35.5. The largest absolute Gasteiger partial charge is 0.490 e. The first kappa shape index (κ1) is 14.8. The number of carboxylic acids is 1. The second kappa shape index (κ2) is 6.61. The van der Waals surface area contributed by atoms with Crippen molar-refractivity contribution < 1.29 is 19.4 Å². The van der Waals surface area contributed by atoms with Crippen molar-refractivity contribution in [2.24, 2.45) is 0 Å². The van der Waals surface area contributed by atoms with Gasteiger partial charge >= 0.3 is 5.97 Å². The number of carbonyl (C=O) groups is 1. The Bertz CT molecular complexity index is 408. The molecule has 0 spiro atoms. The van der Waals surface area contributed by atoms with Gasteiger partial charge in [-0.2, -0.15) is 0 Å². The lowest BCUT2D eigenvalue weighted by atomic mass is 10.1. The Kier molecular flexibility index (Phi) is 5.44. The number of hydrogen-bond acceptors (Lipinski definition) is 3. The fourth-order valence-electron chi connectivity index (χ4n) is 1.68. The van der Waals surface area contributed by atoms with Gasteiger partial charge in [-0.3, -0.25) is 0 Å². The quantitative estimate of drug-likeness (QED) is 0.865. The minimum Gasteiger partial charge on any atom is -0.490 e. The van der Waals surface area contributed by atoms with Crippen molar-refractivity contribution >= 4 is 17.6 Å². The molecule has 0 aromatic heterocycles. The van der Waals surface area contributed by atoms with E-state index in [2.05, 4.69) is 0 Å². The molecular weight excluding hydrogens is 256 g/mol. The van der Waals surface area contributed by atoms with E-state index >= 15 is 0 Å². The SMILES string of the molecule is CCOC(COc1c(C)cc(Cl)cc1C)C(=O)O. The predicted octanol–water partition coefficient (Wildman–Crippen LogP) is 2.83. The Morgan fingerprint density at radius 3 is 2.39 bits per heavy atom. The third kappa shape index (κ3) is 3.89. The first-order valence-corrected chi connectivity index (χ1v) is 6.07. The van der Waals surface area contributed by atoms with Gasteiger partial charge in [-0.15, -0.1) is 0 Å². The number of aryl methyl sites for hydroxylation is 2. The van der Waals surface area contributed by atoms with E-state index in [4.69, 9.17) is 26.2 Å². The van der Waals surface area contributed by atoms with E-state index in [1.54, 1.807) is 19.1 Å². The molecule has 0 aliphatic carbocycles. The summed E-state index contributed by atoms with van der Waals surface area (Å²) in [6.07, 6.45) is -0.954. The number of halogens is 1. The van der Waals surface area contributed by atoms with Crippen LogP contribution in [0.4, 0.5) is 0 Å². The molecule has 0 fully saturated rings. The first-order valence-electron chi connectivity index (χ1n) is 5.69. The van der Waals surface area contributed by atoms with Crippen molar-refractivity contribution in [2.75, 3.05) is 13.2 Å². The summed E-state index contributed by atoms with van der Waals surface area (Å²) < 4.78 is 10.6. The number of aliphatic carboxylic acids is 1. The van der Waals surface area contributed by atoms with Crippen molar-refractivity contribution in [3.63, 3.8) is 0 Å². The van der Waals surface area contributed by atoms with Gasteiger partial charge in [0.1, 0.15) is 12.4 Å². The fourth-order valence-corrected chi connectivity index (χ4v) is 2.00. The van der Waals surface area contributed by atoms with Gasteiger partial charge in [-0.05, 0) is 44.0 Å². The van der Waals surface area contributed by atoms with Crippen LogP contribution in [0.25, 0.3) is 0 Å².